The molecule has 1 aromatic rings. The summed E-state index contributed by atoms with van der Waals surface area (Å²) in [6.07, 6.45) is 0.290. The Kier molecular flexibility index (Phi) is 3.51. The van der Waals surface area contributed by atoms with E-state index in [0.717, 1.165) is 16.9 Å². The Morgan fingerprint density at radius 1 is 1.56 bits per heavy atom. The number of hydrogen-bond donors (Lipinski definition) is 1. The molecule has 2 unspecified atom stereocenters. The van der Waals surface area contributed by atoms with Gasteiger partial charge in [-0.25, -0.2) is 0 Å². The van der Waals surface area contributed by atoms with E-state index < -0.39 is 6.10 Å². The first-order valence-electron chi connectivity index (χ1n) is 5.28. The number of carbonyl (C=O) groups is 1. The fourth-order valence-corrected chi connectivity index (χ4v) is 2.66. The number of cyclic esters (lactones) is 1. The van der Waals surface area contributed by atoms with Gasteiger partial charge in [0.05, 0.1) is 12.7 Å². The first-order valence-corrected chi connectivity index (χ1v) is 6.16. The molecule has 0 spiro atoms. The summed E-state index contributed by atoms with van der Waals surface area (Å²) in [5.41, 5.74) is 0.872. The molecule has 1 N–H and O–H groups in total. The highest BCUT2D eigenvalue weighted by molar-refractivity contribution is 8.00. The summed E-state index contributed by atoms with van der Waals surface area (Å²) in [6.45, 7) is 2.25. The Bertz CT molecular complexity index is 390. The minimum absolute atomic E-state index is 0.0933. The van der Waals surface area contributed by atoms with Crippen molar-refractivity contribution in [2.24, 2.45) is 0 Å². The number of hydrogen-bond acceptors (Lipinski definition) is 4. The van der Waals surface area contributed by atoms with Crippen LogP contribution in [-0.2, 0) is 9.53 Å². The van der Waals surface area contributed by atoms with Crippen molar-refractivity contribution in [3.8, 4) is 0 Å². The molecule has 2 rings (SSSR count). The zero-order valence-electron chi connectivity index (χ0n) is 9.05. The third-order valence-electron chi connectivity index (χ3n) is 2.51. The molecule has 2 atom stereocenters. The average Bonchev–Trinajstić information content (AvgIpc) is 2.65. The zero-order chi connectivity index (χ0) is 11.5. The lowest BCUT2D eigenvalue weighted by Gasteiger charge is -2.09. The molecule has 3 nitrogen and oxygen atoms in total. The van der Waals surface area contributed by atoms with Crippen LogP contribution >= 0.6 is 11.8 Å². The molecule has 0 radical (unpaired) electrons. The minimum Gasteiger partial charge on any atom is -0.465 e. The van der Waals surface area contributed by atoms with Gasteiger partial charge in [0.15, 0.2) is 0 Å². The molecule has 1 heterocycles. The lowest BCUT2D eigenvalue weighted by Crippen LogP contribution is -2.09. The van der Waals surface area contributed by atoms with Gasteiger partial charge < -0.3 is 9.84 Å². The predicted molar refractivity (Wildman–Crippen MR) is 62.3 cm³/mol. The number of carbonyl (C=O) groups excluding carboxylic acids is 1. The molecule has 0 saturated carbocycles. The van der Waals surface area contributed by atoms with Crippen LogP contribution in [0.4, 0.5) is 0 Å². The van der Waals surface area contributed by atoms with E-state index in [-0.39, 0.29) is 11.2 Å². The summed E-state index contributed by atoms with van der Waals surface area (Å²) in [5, 5.41) is 9.37. The summed E-state index contributed by atoms with van der Waals surface area (Å²) in [4.78, 5) is 12.3. The second kappa shape index (κ2) is 4.89. The van der Waals surface area contributed by atoms with E-state index in [2.05, 4.69) is 0 Å². The Balaban J connectivity index is 2.09. The van der Waals surface area contributed by atoms with Crippen LogP contribution in [0.25, 0.3) is 0 Å². The molecule has 1 aromatic carbocycles. The van der Waals surface area contributed by atoms with Gasteiger partial charge in [-0.1, -0.05) is 12.1 Å². The Morgan fingerprint density at radius 3 is 3.00 bits per heavy atom. The van der Waals surface area contributed by atoms with Crippen molar-refractivity contribution in [2.45, 2.75) is 29.6 Å². The molecule has 4 heteroatoms. The van der Waals surface area contributed by atoms with E-state index in [1.165, 1.54) is 11.8 Å². The van der Waals surface area contributed by atoms with Gasteiger partial charge in [0, 0.05) is 11.3 Å². The first-order chi connectivity index (χ1) is 7.66. The van der Waals surface area contributed by atoms with Crippen LogP contribution in [0.3, 0.4) is 0 Å². The van der Waals surface area contributed by atoms with Gasteiger partial charge in [-0.3, -0.25) is 4.79 Å². The van der Waals surface area contributed by atoms with Gasteiger partial charge in [0.25, 0.3) is 0 Å². The van der Waals surface area contributed by atoms with Crippen LogP contribution in [0, 0.1) is 0 Å². The van der Waals surface area contributed by atoms with E-state index in [4.69, 9.17) is 4.74 Å². The number of aliphatic hydroxyl groups is 1. The maximum Gasteiger partial charge on any atom is 0.319 e. The van der Waals surface area contributed by atoms with Gasteiger partial charge in [0.2, 0.25) is 0 Å². The fraction of sp³-hybridized carbons (Fsp3) is 0.417. The molecular formula is C12H14O3S. The molecule has 0 aliphatic carbocycles. The maximum absolute atomic E-state index is 11.3. The average molecular weight is 238 g/mol. The van der Waals surface area contributed by atoms with E-state index in [1.807, 2.05) is 24.3 Å². The molecule has 0 bridgehead atoms. The largest absolute Gasteiger partial charge is 0.465 e. The highest BCUT2D eigenvalue weighted by Crippen LogP contribution is 2.30. The van der Waals surface area contributed by atoms with E-state index >= 15 is 0 Å². The maximum atomic E-state index is 11.3. The quantitative estimate of drug-likeness (QED) is 0.820. The molecule has 86 valence electrons. The molecule has 1 aliphatic rings. The van der Waals surface area contributed by atoms with Crippen molar-refractivity contribution in [1.29, 1.82) is 0 Å². The molecule has 16 heavy (non-hydrogen) atoms. The Hall–Kier alpha value is -1.00. The minimum atomic E-state index is -0.476. The normalized spacial score (nSPS) is 21.9. The first kappa shape index (κ1) is 11.5. The second-order valence-electron chi connectivity index (χ2n) is 3.81. The smallest absolute Gasteiger partial charge is 0.319 e. The van der Waals surface area contributed by atoms with Gasteiger partial charge in [-0.15, -0.1) is 11.8 Å². The third-order valence-corrected chi connectivity index (χ3v) is 3.74. The van der Waals surface area contributed by atoms with Gasteiger partial charge in [-0.05, 0) is 24.6 Å². The summed E-state index contributed by atoms with van der Waals surface area (Å²) in [5.74, 6) is -0.132. The van der Waals surface area contributed by atoms with Crippen LogP contribution in [-0.4, -0.2) is 22.9 Å². The van der Waals surface area contributed by atoms with Crippen LogP contribution in [0.1, 0.15) is 25.0 Å². The van der Waals surface area contributed by atoms with Crippen molar-refractivity contribution in [2.75, 3.05) is 6.61 Å². The standard InChI is InChI=1S/C12H14O3S/c1-8(13)9-3-2-4-10(7-9)16-11-5-6-15-12(11)14/h2-4,7-8,11,13H,5-6H2,1H3. The molecule has 0 aromatic heterocycles. The molecule has 0 amide bonds. The SMILES string of the molecule is CC(O)c1cccc(SC2CCOC2=O)c1. The van der Waals surface area contributed by atoms with Crippen molar-refractivity contribution >= 4 is 17.7 Å². The van der Waals surface area contributed by atoms with Crippen molar-refractivity contribution in [3.05, 3.63) is 29.8 Å². The van der Waals surface area contributed by atoms with Crippen molar-refractivity contribution in [1.82, 2.24) is 0 Å². The van der Waals surface area contributed by atoms with E-state index in [9.17, 15) is 9.90 Å². The van der Waals surface area contributed by atoms with Gasteiger partial charge >= 0.3 is 5.97 Å². The van der Waals surface area contributed by atoms with Crippen molar-refractivity contribution in [3.63, 3.8) is 0 Å². The Labute approximate surface area is 98.8 Å². The van der Waals surface area contributed by atoms with E-state index in [1.54, 1.807) is 6.92 Å². The monoisotopic (exact) mass is 238 g/mol. The van der Waals surface area contributed by atoms with Gasteiger partial charge in [-0.2, -0.15) is 0 Å². The van der Waals surface area contributed by atoms with Crippen LogP contribution in [0.5, 0.6) is 0 Å². The van der Waals surface area contributed by atoms with Crippen LogP contribution < -0.4 is 0 Å². The number of benzene rings is 1. The number of rotatable bonds is 3. The molecular weight excluding hydrogens is 224 g/mol. The number of ether oxygens (including phenoxy) is 1. The lowest BCUT2D eigenvalue weighted by molar-refractivity contribution is -0.137. The topological polar surface area (TPSA) is 46.5 Å². The zero-order valence-corrected chi connectivity index (χ0v) is 9.87. The number of esters is 1. The van der Waals surface area contributed by atoms with Crippen molar-refractivity contribution < 1.29 is 14.6 Å². The highest BCUT2D eigenvalue weighted by atomic mass is 32.2. The second-order valence-corrected chi connectivity index (χ2v) is 5.09. The number of thioether (sulfide) groups is 1. The summed E-state index contributed by atoms with van der Waals surface area (Å²) >= 11 is 1.51. The summed E-state index contributed by atoms with van der Waals surface area (Å²) in [6, 6.07) is 7.63. The third kappa shape index (κ3) is 2.57. The molecule has 1 aliphatic heterocycles. The van der Waals surface area contributed by atoms with Crippen LogP contribution in [0.15, 0.2) is 29.2 Å². The predicted octanol–water partition coefficient (Wildman–Crippen LogP) is 2.15. The van der Waals surface area contributed by atoms with Gasteiger partial charge in [0.1, 0.15) is 5.25 Å². The van der Waals surface area contributed by atoms with E-state index in [0.29, 0.717) is 6.61 Å². The highest BCUT2D eigenvalue weighted by Gasteiger charge is 2.27. The lowest BCUT2D eigenvalue weighted by atomic mass is 10.1. The molecule has 1 saturated heterocycles. The fourth-order valence-electron chi connectivity index (χ4n) is 1.60. The number of aliphatic hydroxyl groups excluding tert-OH is 1. The van der Waals surface area contributed by atoms with Crippen LogP contribution in [0.2, 0.25) is 0 Å². The molecule has 1 fully saturated rings. The summed E-state index contributed by atoms with van der Waals surface area (Å²) in [7, 11) is 0. The Morgan fingerprint density at radius 2 is 2.38 bits per heavy atom. The summed E-state index contributed by atoms with van der Waals surface area (Å²) < 4.78 is 4.91.